The highest BCUT2D eigenvalue weighted by molar-refractivity contribution is 7.09. The van der Waals surface area contributed by atoms with Gasteiger partial charge in [-0.1, -0.05) is 0 Å². The molecular formula is C13H18N4S. The SMILES string of the molecule is CCNc1cc(NC(C)c2nc(C)cs2)ccn1. The van der Waals surface area contributed by atoms with Crippen molar-refractivity contribution in [3.8, 4) is 0 Å². The van der Waals surface area contributed by atoms with Crippen LogP contribution in [0.15, 0.2) is 23.7 Å². The number of aromatic nitrogens is 2. The van der Waals surface area contributed by atoms with Crippen molar-refractivity contribution in [3.05, 3.63) is 34.4 Å². The van der Waals surface area contributed by atoms with Gasteiger partial charge in [0.2, 0.25) is 0 Å². The van der Waals surface area contributed by atoms with Gasteiger partial charge >= 0.3 is 0 Å². The highest BCUT2D eigenvalue weighted by Gasteiger charge is 2.09. The minimum atomic E-state index is 0.209. The Balaban J connectivity index is 2.06. The van der Waals surface area contributed by atoms with E-state index in [1.807, 2.05) is 19.1 Å². The van der Waals surface area contributed by atoms with Crippen LogP contribution < -0.4 is 10.6 Å². The summed E-state index contributed by atoms with van der Waals surface area (Å²) in [6.07, 6.45) is 1.81. The Labute approximate surface area is 111 Å². The molecule has 2 aromatic heterocycles. The predicted octanol–water partition coefficient (Wildman–Crippen LogP) is 3.45. The molecule has 0 saturated heterocycles. The Bertz CT molecular complexity index is 509. The highest BCUT2D eigenvalue weighted by Crippen LogP contribution is 2.23. The van der Waals surface area contributed by atoms with Crippen molar-refractivity contribution in [1.29, 1.82) is 0 Å². The second-order valence-corrected chi connectivity index (χ2v) is 5.04. The number of aryl methyl sites for hydroxylation is 1. The molecule has 4 nitrogen and oxygen atoms in total. The van der Waals surface area contributed by atoms with E-state index >= 15 is 0 Å². The van der Waals surface area contributed by atoms with Crippen molar-refractivity contribution < 1.29 is 0 Å². The second-order valence-electron chi connectivity index (χ2n) is 4.15. The van der Waals surface area contributed by atoms with Crippen molar-refractivity contribution in [2.24, 2.45) is 0 Å². The molecule has 0 bridgehead atoms. The average molecular weight is 262 g/mol. The normalized spacial score (nSPS) is 12.2. The van der Waals surface area contributed by atoms with E-state index in [0.717, 1.165) is 28.8 Å². The fraction of sp³-hybridized carbons (Fsp3) is 0.385. The van der Waals surface area contributed by atoms with E-state index in [2.05, 4.69) is 39.8 Å². The molecule has 2 heterocycles. The van der Waals surface area contributed by atoms with Gasteiger partial charge in [-0.3, -0.25) is 0 Å². The average Bonchev–Trinajstić information content (AvgIpc) is 2.77. The number of anilines is 2. The number of hydrogen-bond donors (Lipinski definition) is 2. The summed E-state index contributed by atoms with van der Waals surface area (Å²) in [5, 5.41) is 9.82. The minimum absolute atomic E-state index is 0.209. The van der Waals surface area contributed by atoms with Gasteiger partial charge < -0.3 is 10.6 Å². The van der Waals surface area contributed by atoms with Crippen molar-refractivity contribution in [1.82, 2.24) is 9.97 Å². The van der Waals surface area contributed by atoms with E-state index < -0.39 is 0 Å². The summed E-state index contributed by atoms with van der Waals surface area (Å²) in [5.74, 6) is 0.894. The maximum atomic E-state index is 4.49. The Kier molecular flexibility index (Phi) is 4.15. The van der Waals surface area contributed by atoms with E-state index in [1.165, 1.54) is 0 Å². The molecule has 0 aliphatic heterocycles. The van der Waals surface area contributed by atoms with Crippen LogP contribution in [0.25, 0.3) is 0 Å². The molecule has 0 saturated carbocycles. The van der Waals surface area contributed by atoms with Crippen molar-refractivity contribution >= 4 is 22.8 Å². The third-order valence-corrected chi connectivity index (χ3v) is 3.65. The zero-order valence-corrected chi connectivity index (χ0v) is 11.7. The zero-order valence-electron chi connectivity index (χ0n) is 10.9. The van der Waals surface area contributed by atoms with Crippen LogP contribution in [-0.2, 0) is 0 Å². The molecule has 0 amide bonds. The first kappa shape index (κ1) is 12.8. The monoisotopic (exact) mass is 262 g/mol. The largest absolute Gasteiger partial charge is 0.376 e. The molecule has 18 heavy (non-hydrogen) atoms. The first-order valence-corrected chi connectivity index (χ1v) is 6.95. The third-order valence-electron chi connectivity index (χ3n) is 2.51. The maximum absolute atomic E-state index is 4.49. The van der Waals surface area contributed by atoms with Gasteiger partial charge in [0.15, 0.2) is 0 Å². The highest BCUT2D eigenvalue weighted by atomic mass is 32.1. The van der Waals surface area contributed by atoms with E-state index in [0.29, 0.717) is 0 Å². The van der Waals surface area contributed by atoms with Crippen molar-refractivity contribution in [2.45, 2.75) is 26.8 Å². The van der Waals surface area contributed by atoms with Gasteiger partial charge in [-0.05, 0) is 26.8 Å². The van der Waals surface area contributed by atoms with E-state index in [-0.39, 0.29) is 6.04 Å². The summed E-state index contributed by atoms with van der Waals surface area (Å²) in [6, 6.07) is 4.19. The lowest BCUT2D eigenvalue weighted by Crippen LogP contribution is -2.07. The van der Waals surface area contributed by atoms with E-state index in [1.54, 1.807) is 17.5 Å². The van der Waals surface area contributed by atoms with Gasteiger partial charge in [0, 0.05) is 35.6 Å². The van der Waals surface area contributed by atoms with Crippen LogP contribution in [-0.4, -0.2) is 16.5 Å². The number of nitrogens with one attached hydrogen (secondary N) is 2. The van der Waals surface area contributed by atoms with Crippen LogP contribution in [0.2, 0.25) is 0 Å². The molecule has 96 valence electrons. The summed E-state index contributed by atoms with van der Waals surface area (Å²) >= 11 is 1.69. The molecule has 0 aliphatic rings. The molecule has 1 atom stereocenters. The quantitative estimate of drug-likeness (QED) is 0.866. The lowest BCUT2D eigenvalue weighted by molar-refractivity contribution is 0.863. The van der Waals surface area contributed by atoms with Crippen molar-refractivity contribution in [2.75, 3.05) is 17.2 Å². The maximum Gasteiger partial charge on any atom is 0.127 e. The topological polar surface area (TPSA) is 49.8 Å². The van der Waals surface area contributed by atoms with Gasteiger partial charge in [-0.2, -0.15) is 0 Å². The molecule has 2 N–H and O–H groups in total. The number of hydrogen-bond acceptors (Lipinski definition) is 5. The standard InChI is InChI=1S/C13H18N4S/c1-4-14-12-7-11(5-6-15-12)17-10(3)13-16-9(2)8-18-13/h5-8,10H,4H2,1-3H3,(H2,14,15,17). The van der Waals surface area contributed by atoms with Gasteiger partial charge in [0.05, 0.1) is 6.04 Å². The van der Waals surface area contributed by atoms with Crippen LogP contribution in [0, 0.1) is 6.92 Å². The Morgan fingerprint density at radius 2 is 2.28 bits per heavy atom. The van der Waals surface area contributed by atoms with Crippen molar-refractivity contribution in [3.63, 3.8) is 0 Å². The fourth-order valence-electron chi connectivity index (χ4n) is 1.68. The summed E-state index contributed by atoms with van der Waals surface area (Å²) < 4.78 is 0. The predicted molar refractivity (Wildman–Crippen MR) is 77.3 cm³/mol. The number of nitrogens with zero attached hydrogens (tertiary/aromatic N) is 2. The summed E-state index contributed by atoms with van der Waals surface area (Å²) in [6.45, 7) is 7.06. The molecule has 1 unspecified atom stereocenters. The van der Waals surface area contributed by atoms with Crippen LogP contribution in [0.4, 0.5) is 11.5 Å². The first-order valence-electron chi connectivity index (χ1n) is 6.07. The molecule has 0 aliphatic carbocycles. The first-order chi connectivity index (χ1) is 8.69. The molecule has 2 rings (SSSR count). The van der Waals surface area contributed by atoms with E-state index in [9.17, 15) is 0 Å². The summed E-state index contributed by atoms with van der Waals surface area (Å²) in [7, 11) is 0. The zero-order chi connectivity index (χ0) is 13.0. The Hall–Kier alpha value is -1.62. The summed E-state index contributed by atoms with van der Waals surface area (Å²) in [4.78, 5) is 8.74. The molecular weight excluding hydrogens is 244 g/mol. The molecule has 0 fully saturated rings. The lowest BCUT2D eigenvalue weighted by atomic mass is 10.3. The van der Waals surface area contributed by atoms with Crippen LogP contribution in [0.1, 0.15) is 30.6 Å². The molecule has 0 aromatic carbocycles. The second kappa shape index (κ2) is 5.82. The lowest BCUT2D eigenvalue weighted by Gasteiger charge is -2.13. The van der Waals surface area contributed by atoms with Gasteiger partial charge in [0.25, 0.3) is 0 Å². The van der Waals surface area contributed by atoms with Crippen LogP contribution >= 0.6 is 11.3 Å². The Morgan fingerprint density at radius 1 is 1.44 bits per heavy atom. The van der Waals surface area contributed by atoms with Gasteiger partial charge in [-0.15, -0.1) is 11.3 Å². The smallest absolute Gasteiger partial charge is 0.127 e. The number of rotatable bonds is 5. The molecule has 5 heteroatoms. The number of thiazole rings is 1. The fourth-order valence-corrected chi connectivity index (χ4v) is 2.48. The minimum Gasteiger partial charge on any atom is -0.376 e. The Morgan fingerprint density at radius 3 is 2.94 bits per heavy atom. The van der Waals surface area contributed by atoms with Crippen LogP contribution in [0.5, 0.6) is 0 Å². The summed E-state index contributed by atoms with van der Waals surface area (Å²) in [5.41, 5.74) is 2.13. The molecule has 0 spiro atoms. The van der Waals surface area contributed by atoms with Gasteiger partial charge in [0.1, 0.15) is 10.8 Å². The van der Waals surface area contributed by atoms with E-state index in [4.69, 9.17) is 0 Å². The third kappa shape index (κ3) is 3.20. The molecule has 0 radical (unpaired) electrons. The molecule has 2 aromatic rings. The van der Waals surface area contributed by atoms with Gasteiger partial charge in [-0.25, -0.2) is 9.97 Å². The number of pyridine rings is 1. The van der Waals surface area contributed by atoms with Crippen LogP contribution in [0.3, 0.4) is 0 Å².